The topological polar surface area (TPSA) is 55.9 Å². The largest absolute Gasteiger partial charge is 0.272 e. The highest BCUT2D eigenvalue weighted by atomic mass is 15.3. The van der Waals surface area contributed by atoms with E-state index in [9.17, 15) is 0 Å². The molecule has 0 spiro atoms. The zero-order chi connectivity index (χ0) is 14.4. The van der Waals surface area contributed by atoms with Gasteiger partial charge < -0.3 is 0 Å². The molecule has 4 heteroatoms. The Morgan fingerprint density at radius 1 is 1.35 bits per heavy atom. The van der Waals surface area contributed by atoms with Gasteiger partial charge in [-0.25, -0.2) is 0 Å². The van der Waals surface area contributed by atoms with Crippen molar-refractivity contribution in [3.63, 3.8) is 0 Å². The molecule has 1 unspecified atom stereocenters. The van der Waals surface area contributed by atoms with Crippen LogP contribution in [0.1, 0.15) is 42.5 Å². The third-order valence-corrected chi connectivity index (χ3v) is 3.67. The number of aryl methyl sites for hydroxylation is 3. The Morgan fingerprint density at radius 3 is 2.85 bits per heavy atom. The first-order valence-corrected chi connectivity index (χ1v) is 7.27. The lowest BCUT2D eigenvalue weighted by molar-refractivity contribution is 0.514. The summed E-state index contributed by atoms with van der Waals surface area (Å²) in [6, 6.07) is 8.65. The van der Waals surface area contributed by atoms with Gasteiger partial charge in [0.15, 0.2) is 0 Å². The minimum atomic E-state index is 0.153. The molecule has 1 atom stereocenters. The van der Waals surface area contributed by atoms with Gasteiger partial charge in [-0.3, -0.25) is 16.0 Å². The van der Waals surface area contributed by atoms with Crippen molar-refractivity contribution in [2.24, 2.45) is 5.84 Å². The Kier molecular flexibility index (Phi) is 5.32. The molecule has 4 nitrogen and oxygen atoms in total. The zero-order valence-corrected chi connectivity index (χ0v) is 12.3. The van der Waals surface area contributed by atoms with Gasteiger partial charge in [-0.05, 0) is 37.3 Å². The number of aromatic nitrogens is 2. The molecule has 1 heterocycles. The lowest BCUT2D eigenvalue weighted by Crippen LogP contribution is -2.28. The van der Waals surface area contributed by atoms with Crippen molar-refractivity contribution in [1.82, 2.24) is 15.2 Å². The molecule has 0 saturated heterocycles. The third kappa shape index (κ3) is 3.68. The Hall–Kier alpha value is -1.65. The molecule has 2 rings (SSSR count). The maximum absolute atomic E-state index is 5.70. The van der Waals surface area contributed by atoms with Crippen LogP contribution in [0.2, 0.25) is 0 Å². The molecule has 0 aliphatic heterocycles. The van der Waals surface area contributed by atoms with E-state index in [-0.39, 0.29) is 6.04 Å². The predicted octanol–water partition coefficient (Wildman–Crippen LogP) is 2.74. The van der Waals surface area contributed by atoms with Crippen molar-refractivity contribution in [3.8, 4) is 0 Å². The minimum Gasteiger partial charge on any atom is -0.272 e. The number of nitrogens with one attached hydrogen (secondary N) is 1. The van der Waals surface area contributed by atoms with E-state index in [0.717, 1.165) is 31.4 Å². The molecular weight excluding hydrogens is 248 g/mol. The third-order valence-electron chi connectivity index (χ3n) is 3.67. The van der Waals surface area contributed by atoms with Crippen LogP contribution in [-0.2, 0) is 13.0 Å². The van der Waals surface area contributed by atoms with Crippen molar-refractivity contribution >= 4 is 0 Å². The quantitative estimate of drug-likeness (QED) is 0.602. The number of hydrogen-bond acceptors (Lipinski definition) is 3. The first kappa shape index (κ1) is 14.8. The van der Waals surface area contributed by atoms with Gasteiger partial charge in [0.1, 0.15) is 0 Å². The normalized spacial score (nSPS) is 12.6. The summed E-state index contributed by atoms with van der Waals surface area (Å²) in [7, 11) is 0. The van der Waals surface area contributed by atoms with Gasteiger partial charge in [-0.1, -0.05) is 31.2 Å². The van der Waals surface area contributed by atoms with E-state index in [1.807, 2.05) is 10.9 Å². The lowest BCUT2D eigenvalue weighted by Gasteiger charge is -2.14. The summed E-state index contributed by atoms with van der Waals surface area (Å²) in [4.78, 5) is 0. The van der Waals surface area contributed by atoms with Crippen LogP contribution < -0.4 is 11.3 Å². The summed E-state index contributed by atoms with van der Waals surface area (Å²) < 4.78 is 1.98. The molecule has 0 aliphatic rings. The van der Waals surface area contributed by atoms with Gasteiger partial charge in [0.2, 0.25) is 0 Å². The number of rotatable bonds is 7. The molecule has 1 aromatic carbocycles. The molecule has 0 fully saturated rings. The second-order valence-corrected chi connectivity index (χ2v) is 5.22. The van der Waals surface area contributed by atoms with E-state index in [1.54, 1.807) is 0 Å². The summed E-state index contributed by atoms with van der Waals surface area (Å²) in [5.74, 6) is 5.70. The van der Waals surface area contributed by atoms with Gasteiger partial charge in [0, 0.05) is 24.3 Å². The Balaban J connectivity index is 1.99. The summed E-state index contributed by atoms with van der Waals surface area (Å²) >= 11 is 0. The highest BCUT2D eigenvalue weighted by Crippen LogP contribution is 2.19. The van der Waals surface area contributed by atoms with E-state index >= 15 is 0 Å². The summed E-state index contributed by atoms with van der Waals surface area (Å²) in [5.41, 5.74) is 6.79. The molecule has 0 bridgehead atoms. The van der Waals surface area contributed by atoms with Crippen LogP contribution in [0.5, 0.6) is 0 Å². The lowest BCUT2D eigenvalue weighted by atomic mass is 9.99. The second-order valence-electron chi connectivity index (χ2n) is 5.22. The fourth-order valence-corrected chi connectivity index (χ4v) is 2.45. The molecule has 2 aromatic rings. The van der Waals surface area contributed by atoms with Crippen molar-refractivity contribution in [1.29, 1.82) is 0 Å². The standard InChI is InChI=1S/C16H24N4/c1-3-10-20-12-15(11-18-20)16(19-17)9-8-14-7-5-4-6-13(14)2/h4-7,11-12,16,19H,3,8-10,17H2,1-2H3. The van der Waals surface area contributed by atoms with Crippen LogP contribution in [0, 0.1) is 6.92 Å². The summed E-state index contributed by atoms with van der Waals surface area (Å²) in [5, 5.41) is 4.37. The molecule has 3 N–H and O–H groups in total. The Labute approximate surface area is 121 Å². The average Bonchev–Trinajstić information content (AvgIpc) is 2.90. The fourth-order valence-electron chi connectivity index (χ4n) is 2.45. The van der Waals surface area contributed by atoms with Gasteiger partial charge in [-0.15, -0.1) is 0 Å². The first-order chi connectivity index (χ1) is 9.74. The maximum atomic E-state index is 5.70. The molecule has 20 heavy (non-hydrogen) atoms. The first-order valence-electron chi connectivity index (χ1n) is 7.27. The van der Waals surface area contributed by atoms with E-state index in [2.05, 4.69) is 54.8 Å². The average molecular weight is 272 g/mol. The van der Waals surface area contributed by atoms with Crippen molar-refractivity contribution < 1.29 is 0 Å². The fraction of sp³-hybridized carbons (Fsp3) is 0.438. The SMILES string of the molecule is CCCn1cc(C(CCc2ccccc2C)NN)cn1. The van der Waals surface area contributed by atoms with Gasteiger partial charge >= 0.3 is 0 Å². The smallest absolute Gasteiger partial charge is 0.0538 e. The molecule has 0 radical (unpaired) electrons. The minimum absolute atomic E-state index is 0.153. The molecule has 0 saturated carbocycles. The maximum Gasteiger partial charge on any atom is 0.0538 e. The molecular formula is C16H24N4. The van der Waals surface area contributed by atoms with Crippen LogP contribution >= 0.6 is 0 Å². The zero-order valence-electron chi connectivity index (χ0n) is 12.3. The number of hydrogen-bond donors (Lipinski definition) is 2. The highest BCUT2D eigenvalue weighted by Gasteiger charge is 2.12. The van der Waals surface area contributed by atoms with E-state index in [1.165, 1.54) is 11.1 Å². The highest BCUT2D eigenvalue weighted by molar-refractivity contribution is 5.26. The monoisotopic (exact) mass is 272 g/mol. The van der Waals surface area contributed by atoms with Crippen LogP contribution in [0.15, 0.2) is 36.7 Å². The molecule has 108 valence electrons. The van der Waals surface area contributed by atoms with Crippen molar-refractivity contribution in [2.45, 2.75) is 45.7 Å². The molecule has 1 aromatic heterocycles. The Morgan fingerprint density at radius 2 is 2.15 bits per heavy atom. The van der Waals surface area contributed by atoms with E-state index in [0.29, 0.717) is 0 Å². The van der Waals surface area contributed by atoms with Crippen LogP contribution in [-0.4, -0.2) is 9.78 Å². The molecule has 0 aliphatic carbocycles. The van der Waals surface area contributed by atoms with E-state index in [4.69, 9.17) is 5.84 Å². The van der Waals surface area contributed by atoms with E-state index < -0.39 is 0 Å². The van der Waals surface area contributed by atoms with Crippen molar-refractivity contribution in [3.05, 3.63) is 53.3 Å². The van der Waals surface area contributed by atoms with Gasteiger partial charge in [0.25, 0.3) is 0 Å². The number of hydrazine groups is 1. The van der Waals surface area contributed by atoms with Gasteiger partial charge in [0.05, 0.1) is 6.20 Å². The van der Waals surface area contributed by atoms with Crippen LogP contribution in [0.25, 0.3) is 0 Å². The summed E-state index contributed by atoms with van der Waals surface area (Å²) in [6.45, 7) is 5.26. The number of benzene rings is 1. The van der Waals surface area contributed by atoms with Gasteiger partial charge in [-0.2, -0.15) is 5.10 Å². The molecule has 0 amide bonds. The summed E-state index contributed by atoms with van der Waals surface area (Å²) in [6.07, 6.45) is 7.08. The van der Waals surface area contributed by atoms with Crippen LogP contribution in [0.4, 0.5) is 0 Å². The second kappa shape index (κ2) is 7.22. The van der Waals surface area contributed by atoms with Crippen molar-refractivity contribution in [2.75, 3.05) is 0 Å². The number of nitrogens with two attached hydrogens (primary N) is 1. The predicted molar refractivity (Wildman–Crippen MR) is 82.1 cm³/mol. The Bertz CT molecular complexity index is 533. The van der Waals surface area contributed by atoms with Crippen LogP contribution in [0.3, 0.4) is 0 Å². The number of nitrogens with zero attached hydrogens (tertiary/aromatic N) is 2.